The summed E-state index contributed by atoms with van der Waals surface area (Å²) < 4.78 is 7.23. The van der Waals surface area contributed by atoms with E-state index in [0.29, 0.717) is 28.1 Å². The number of rotatable bonds is 9. The van der Waals surface area contributed by atoms with Crippen molar-refractivity contribution in [2.24, 2.45) is 0 Å². The van der Waals surface area contributed by atoms with E-state index in [2.05, 4.69) is 39.7 Å². The van der Waals surface area contributed by atoms with Gasteiger partial charge in [-0.2, -0.15) is 4.68 Å². The molecule has 0 radical (unpaired) electrons. The van der Waals surface area contributed by atoms with Gasteiger partial charge in [0, 0.05) is 24.3 Å². The second-order valence-corrected chi connectivity index (χ2v) is 9.53. The molecule has 0 spiro atoms. The van der Waals surface area contributed by atoms with Gasteiger partial charge in [-0.25, -0.2) is 9.97 Å². The first-order valence-electron chi connectivity index (χ1n) is 11.3. The lowest BCUT2D eigenvalue weighted by Gasteiger charge is -2.15. The third-order valence-corrected chi connectivity index (χ3v) is 7.12. The number of anilines is 1. The first kappa shape index (κ1) is 22.5. The average Bonchev–Trinajstić information content (AvgIpc) is 3.39. The van der Waals surface area contributed by atoms with E-state index < -0.39 is 24.5 Å². The van der Waals surface area contributed by atoms with Gasteiger partial charge < -0.3 is 25.4 Å². The summed E-state index contributed by atoms with van der Waals surface area (Å²) in [6.45, 7) is 1.94. The largest absolute Gasteiger partial charge is 0.396 e. The number of hydrogen-bond donors (Lipinski definition) is 4. The third kappa shape index (κ3) is 4.43. The van der Waals surface area contributed by atoms with Crippen LogP contribution >= 0.6 is 11.8 Å². The van der Waals surface area contributed by atoms with Crippen molar-refractivity contribution in [1.29, 1.82) is 0 Å². The molecule has 0 amide bonds. The van der Waals surface area contributed by atoms with Crippen LogP contribution in [0, 0.1) is 0 Å². The van der Waals surface area contributed by atoms with Crippen LogP contribution in [0.1, 0.15) is 43.9 Å². The monoisotopic (exact) mass is 472 g/mol. The Labute approximate surface area is 195 Å². The lowest BCUT2D eigenvalue weighted by Crippen LogP contribution is -2.32. The van der Waals surface area contributed by atoms with Crippen molar-refractivity contribution < 1.29 is 20.1 Å². The number of nitrogens with zero attached hydrogens (tertiary/aromatic N) is 5. The lowest BCUT2D eigenvalue weighted by molar-refractivity contribution is -0.0480. The highest BCUT2D eigenvalue weighted by Gasteiger charge is 2.45. The van der Waals surface area contributed by atoms with Crippen LogP contribution in [0.25, 0.3) is 11.2 Å². The molecule has 4 N–H and O–H groups in total. The molecule has 6 atom stereocenters. The van der Waals surface area contributed by atoms with Gasteiger partial charge in [-0.3, -0.25) is 0 Å². The highest BCUT2D eigenvalue weighted by molar-refractivity contribution is 7.99. The molecule has 0 bridgehead atoms. The van der Waals surface area contributed by atoms with Gasteiger partial charge in [-0.1, -0.05) is 54.2 Å². The number of aromatic nitrogens is 5. The van der Waals surface area contributed by atoms with E-state index in [1.54, 1.807) is 11.8 Å². The lowest BCUT2D eigenvalue weighted by atomic mass is 10.1. The van der Waals surface area contributed by atoms with Crippen molar-refractivity contribution in [1.82, 2.24) is 25.0 Å². The van der Waals surface area contributed by atoms with Crippen LogP contribution in [0.2, 0.25) is 0 Å². The molecule has 1 aromatic carbocycles. The first-order chi connectivity index (χ1) is 16.1. The van der Waals surface area contributed by atoms with Gasteiger partial charge in [0.1, 0.15) is 12.2 Å². The predicted octanol–water partition coefficient (Wildman–Crippen LogP) is 1.69. The van der Waals surface area contributed by atoms with E-state index >= 15 is 0 Å². The van der Waals surface area contributed by atoms with Crippen molar-refractivity contribution in [3.63, 3.8) is 0 Å². The number of nitrogens with one attached hydrogen (secondary N) is 1. The average molecular weight is 473 g/mol. The minimum Gasteiger partial charge on any atom is -0.396 e. The van der Waals surface area contributed by atoms with Crippen LogP contribution in [0.5, 0.6) is 0 Å². The highest BCUT2D eigenvalue weighted by Crippen LogP contribution is 2.43. The number of benzene rings is 1. The van der Waals surface area contributed by atoms with E-state index in [0.717, 1.165) is 18.6 Å². The van der Waals surface area contributed by atoms with E-state index in [1.807, 2.05) is 18.2 Å². The van der Waals surface area contributed by atoms with Gasteiger partial charge in [0.25, 0.3) is 0 Å². The molecule has 5 rings (SSSR count). The minimum atomic E-state index is -1.21. The summed E-state index contributed by atoms with van der Waals surface area (Å²) in [5, 5.41) is 42.7. The van der Waals surface area contributed by atoms with Crippen LogP contribution in [0.4, 0.5) is 5.82 Å². The summed E-state index contributed by atoms with van der Waals surface area (Å²) in [7, 11) is 0. The summed E-state index contributed by atoms with van der Waals surface area (Å²) in [4.78, 5) is 9.35. The molecule has 3 heterocycles. The topological polar surface area (TPSA) is 138 Å². The predicted molar refractivity (Wildman–Crippen MR) is 123 cm³/mol. The van der Waals surface area contributed by atoms with Crippen LogP contribution < -0.4 is 5.32 Å². The Balaban J connectivity index is 1.45. The molecule has 1 saturated heterocycles. The van der Waals surface area contributed by atoms with Crippen molar-refractivity contribution in [2.75, 3.05) is 17.7 Å². The molecule has 33 heavy (non-hydrogen) atoms. The molecule has 1 aliphatic carbocycles. The Morgan fingerprint density at radius 3 is 2.76 bits per heavy atom. The number of ether oxygens (including phenoxy) is 1. The van der Waals surface area contributed by atoms with E-state index in [-0.39, 0.29) is 19.1 Å². The van der Waals surface area contributed by atoms with Crippen LogP contribution in [0.3, 0.4) is 0 Å². The van der Waals surface area contributed by atoms with Crippen molar-refractivity contribution in [2.45, 2.75) is 67.8 Å². The molecule has 1 aliphatic heterocycles. The second kappa shape index (κ2) is 9.51. The zero-order valence-corrected chi connectivity index (χ0v) is 19.1. The van der Waals surface area contributed by atoms with Gasteiger partial charge >= 0.3 is 0 Å². The van der Waals surface area contributed by atoms with E-state index in [9.17, 15) is 15.3 Å². The molecule has 176 valence electrons. The molecule has 2 aliphatic rings. The first-order valence-corrected chi connectivity index (χ1v) is 12.3. The Morgan fingerprint density at radius 1 is 1.18 bits per heavy atom. The molecule has 10 nitrogen and oxygen atoms in total. The Kier molecular flexibility index (Phi) is 6.48. The zero-order valence-electron chi connectivity index (χ0n) is 18.3. The molecular weight excluding hydrogens is 444 g/mol. The maximum absolute atomic E-state index is 10.6. The Bertz CT molecular complexity index is 1100. The van der Waals surface area contributed by atoms with Crippen molar-refractivity contribution in [3.8, 4) is 0 Å². The summed E-state index contributed by atoms with van der Waals surface area (Å²) in [5.74, 6) is 1.88. The van der Waals surface area contributed by atoms with Crippen LogP contribution in [-0.2, 0) is 4.74 Å². The maximum Gasteiger partial charge on any atom is 0.191 e. The van der Waals surface area contributed by atoms with Crippen molar-refractivity contribution >= 4 is 28.7 Å². The number of hydrogen-bond acceptors (Lipinski definition) is 10. The highest BCUT2D eigenvalue weighted by atomic mass is 32.2. The van der Waals surface area contributed by atoms with Crippen LogP contribution in [0.15, 0.2) is 35.5 Å². The van der Waals surface area contributed by atoms with Gasteiger partial charge in [0.15, 0.2) is 28.4 Å². The van der Waals surface area contributed by atoms with Crippen LogP contribution in [-0.4, -0.2) is 77.0 Å². The Hall–Kier alpha value is -2.31. The standard InChI is InChI=1S/C22H28N6O4S/c1-2-10-33-22-24-19(23-14-11-13(14)12-6-4-3-5-7-12)16-20(25-22)28(27-26-16)21-18(31)17(30)15(32-21)8-9-29/h3-7,13-15,17-18,21,29-31H,2,8-11H2,1H3,(H,23,24,25)/t13-,14+,15+,17+,18+,21+/m0/s1. The summed E-state index contributed by atoms with van der Waals surface area (Å²) in [5.41, 5.74) is 2.21. The number of aliphatic hydroxyl groups is 3. The van der Waals surface area contributed by atoms with Gasteiger partial charge in [-0.15, -0.1) is 5.10 Å². The van der Waals surface area contributed by atoms with Gasteiger partial charge in [-0.05, 0) is 24.8 Å². The molecule has 0 unspecified atom stereocenters. The van der Waals surface area contributed by atoms with Crippen molar-refractivity contribution in [3.05, 3.63) is 35.9 Å². The van der Waals surface area contributed by atoms with Gasteiger partial charge in [0.2, 0.25) is 0 Å². The molecule has 2 aromatic heterocycles. The SMILES string of the molecule is CCCSc1nc(N[C@@H]2C[C@H]2c2ccccc2)c2nnn([C@@H]3O[C@H](CCO)[C@@H](O)[C@H]3O)c2n1. The Morgan fingerprint density at radius 2 is 2.00 bits per heavy atom. The molecule has 1 saturated carbocycles. The zero-order chi connectivity index (χ0) is 22.9. The quantitative estimate of drug-likeness (QED) is 0.269. The fraction of sp³-hybridized carbons (Fsp3) is 0.545. The second-order valence-electron chi connectivity index (χ2n) is 8.47. The summed E-state index contributed by atoms with van der Waals surface area (Å²) in [6, 6.07) is 10.6. The molecular formula is C22H28N6O4S. The molecule has 11 heteroatoms. The molecule has 2 fully saturated rings. The third-order valence-electron chi connectivity index (χ3n) is 6.07. The number of fused-ring (bicyclic) bond motifs is 1. The number of aliphatic hydroxyl groups excluding tert-OH is 3. The maximum atomic E-state index is 10.6. The summed E-state index contributed by atoms with van der Waals surface area (Å²) >= 11 is 1.54. The van der Waals surface area contributed by atoms with E-state index in [1.165, 1.54) is 10.2 Å². The fourth-order valence-electron chi connectivity index (χ4n) is 4.24. The fourth-order valence-corrected chi connectivity index (χ4v) is 4.93. The van der Waals surface area contributed by atoms with E-state index in [4.69, 9.17) is 9.72 Å². The molecule has 3 aromatic rings. The normalized spacial score (nSPS) is 29.0. The number of thioether (sulfide) groups is 1. The smallest absolute Gasteiger partial charge is 0.191 e. The summed E-state index contributed by atoms with van der Waals surface area (Å²) in [6.07, 6.45) is -1.80. The minimum absolute atomic E-state index is 0.155. The van der Waals surface area contributed by atoms with Gasteiger partial charge in [0.05, 0.1) is 6.10 Å².